The summed E-state index contributed by atoms with van der Waals surface area (Å²) in [5.41, 5.74) is 0.462. The van der Waals surface area contributed by atoms with Crippen molar-refractivity contribution in [2.24, 2.45) is 0 Å². The smallest absolute Gasteiger partial charge is 0.325 e. The topological polar surface area (TPSA) is 61.8 Å². The third-order valence-electron chi connectivity index (χ3n) is 3.30. The molecule has 0 saturated heterocycles. The van der Waals surface area contributed by atoms with Gasteiger partial charge in [0.2, 0.25) is 0 Å². The van der Waals surface area contributed by atoms with Gasteiger partial charge in [-0.1, -0.05) is 15.9 Å². The maximum atomic E-state index is 12.5. The molecule has 0 aliphatic rings. The molecule has 0 saturated carbocycles. The predicted molar refractivity (Wildman–Crippen MR) is 82.7 cm³/mol. The molecule has 2 aromatic rings. The molecule has 2 heterocycles. The van der Waals surface area contributed by atoms with Crippen LogP contribution in [0.25, 0.3) is 11.2 Å². The van der Waals surface area contributed by atoms with Gasteiger partial charge in [-0.25, -0.2) is 9.78 Å². The molecule has 2 rings (SSSR count). The summed E-state index contributed by atoms with van der Waals surface area (Å²) in [6, 6.07) is -0.0407. The van der Waals surface area contributed by atoms with Crippen LogP contribution in [0.4, 0.5) is 0 Å². The summed E-state index contributed by atoms with van der Waals surface area (Å²) >= 11 is 3.33. The van der Waals surface area contributed by atoms with E-state index >= 15 is 0 Å². The van der Waals surface area contributed by atoms with E-state index in [1.807, 2.05) is 20.8 Å². The number of nitrogens with zero attached hydrogens (tertiary/aromatic N) is 4. The Balaban J connectivity index is 2.86. The summed E-state index contributed by atoms with van der Waals surface area (Å²) in [5.74, 6) is 0. The zero-order chi connectivity index (χ0) is 14.9. The molecule has 20 heavy (non-hydrogen) atoms. The Morgan fingerprint density at radius 3 is 2.60 bits per heavy atom. The van der Waals surface area contributed by atoms with Crippen LogP contribution in [0.1, 0.15) is 33.2 Å². The van der Waals surface area contributed by atoms with Crippen molar-refractivity contribution in [3.8, 4) is 0 Å². The Morgan fingerprint density at radius 2 is 2.05 bits per heavy atom. The minimum Gasteiger partial charge on any atom is -0.325 e. The molecular weight excluding hydrogens is 324 g/mol. The van der Waals surface area contributed by atoms with E-state index in [1.165, 1.54) is 4.57 Å². The average molecular weight is 343 g/mol. The van der Waals surface area contributed by atoms with Crippen LogP contribution in [0.2, 0.25) is 0 Å². The molecule has 0 radical (unpaired) electrons. The molecule has 0 bridgehead atoms. The van der Waals surface area contributed by atoms with E-state index in [4.69, 9.17) is 0 Å². The first-order chi connectivity index (χ1) is 9.52. The Bertz CT molecular complexity index is 726. The third-order valence-corrected chi connectivity index (χ3v) is 3.86. The number of aryl methyl sites for hydroxylation is 1. The van der Waals surface area contributed by atoms with Gasteiger partial charge in [0.1, 0.15) is 0 Å². The van der Waals surface area contributed by atoms with E-state index in [-0.39, 0.29) is 17.3 Å². The average Bonchev–Trinajstić information content (AvgIpc) is 2.82. The SMILES string of the molecule is CCn1cnc2c1c(=O)n(CCCBr)c(=O)n2C(C)C. The number of aromatic nitrogens is 4. The van der Waals surface area contributed by atoms with E-state index in [2.05, 4.69) is 20.9 Å². The van der Waals surface area contributed by atoms with Crippen LogP contribution in [0.15, 0.2) is 15.9 Å². The number of hydrogen-bond donors (Lipinski definition) is 0. The normalized spacial score (nSPS) is 11.7. The molecule has 0 aromatic carbocycles. The fraction of sp³-hybridized carbons (Fsp3) is 0.615. The van der Waals surface area contributed by atoms with E-state index < -0.39 is 0 Å². The Labute approximate surface area is 125 Å². The van der Waals surface area contributed by atoms with Crippen molar-refractivity contribution in [2.75, 3.05) is 5.33 Å². The van der Waals surface area contributed by atoms with Crippen molar-refractivity contribution < 1.29 is 0 Å². The Kier molecular flexibility index (Phi) is 4.47. The van der Waals surface area contributed by atoms with Crippen molar-refractivity contribution >= 4 is 27.1 Å². The summed E-state index contributed by atoms with van der Waals surface area (Å²) in [4.78, 5) is 29.3. The third kappa shape index (κ3) is 2.34. The van der Waals surface area contributed by atoms with Crippen molar-refractivity contribution in [3.05, 3.63) is 27.2 Å². The first kappa shape index (κ1) is 15.0. The number of fused-ring (bicyclic) bond motifs is 1. The number of halogens is 1. The lowest BCUT2D eigenvalue weighted by Gasteiger charge is -2.14. The van der Waals surface area contributed by atoms with Crippen molar-refractivity contribution in [2.45, 2.75) is 46.3 Å². The fourth-order valence-electron chi connectivity index (χ4n) is 2.32. The second-order valence-electron chi connectivity index (χ2n) is 4.95. The molecule has 0 fully saturated rings. The summed E-state index contributed by atoms with van der Waals surface area (Å²) in [6.45, 7) is 6.87. The molecular formula is C13H19BrN4O2. The second-order valence-corrected chi connectivity index (χ2v) is 5.74. The van der Waals surface area contributed by atoms with E-state index in [0.717, 1.165) is 11.8 Å². The van der Waals surface area contributed by atoms with E-state index in [0.29, 0.717) is 24.3 Å². The number of rotatable bonds is 5. The van der Waals surface area contributed by atoms with Gasteiger partial charge in [-0.05, 0) is 27.2 Å². The van der Waals surface area contributed by atoms with Crippen molar-refractivity contribution in [1.29, 1.82) is 0 Å². The van der Waals surface area contributed by atoms with Gasteiger partial charge in [0.05, 0.1) is 6.33 Å². The Hall–Kier alpha value is -1.37. The summed E-state index contributed by atoms with van der Waals surface area (Å²) in [5, 5.41) is 0.756. The molecule has 0 aliphatic carbocycles. The van der Waals surface area contributed by atoms with Gasteiger partial charge in [0, 0.05) is 24.5 Å². The molecule has 0 spiro atoms. The highest BCUT2D eigenvalue weighted by Gasteiger charge is 2.18. The quantitative estimate of drug-likeness (QED) is 0.777. The number of alkyl halides is 1. The molecule has 0 amide bonds. The molecule has 7 heteroatoms. The van der Waals surface area contributed by atoms with Gasteiger partial charge < -0.3 is 4.57 Å². The molecule has 0 aliphatic heterocycles. The second kappa shape index (κ2) is 5.95. The zero-order valence-corrected chi connectivity index (χ0v) is 13.6. The monoisotopic (exact) mass is 342 g/mol. The Morgan fingerprint density at radius 1 is 1.35 bits per heavy atom. The highest BCUT2D eigenvalue weighted by molar-refractivity contribution is 9.09. The number of hydrogen-bond acceptors (Lipinski definition) is 3. The highest BCUT2D eigenvalue weighted by atomic mass is 79.9. The van der Waals surface area contributed by atoms with Crippen LogP contribution >= 0.6 is 15.9 Å². The maximum Gasteiger partial charge on any atom is 0.332 e. The molecule has 6 nitrogen and oxygen atoms in total. The van der Waals surface area contributed by atoms with Crippen LogP contribution < -0.4 is 11.2 Å². The summed E-state index contributed by atoms with van der Waals surface area (Å²) in [6.07, 6.45) is 2.36. The summed E-state index contributed by atoms with van der Waals surface area (Å²) in [7, 11) is 0. The van der Waals surface area contributed by atoms with Crippen LogP contribution in [-0.4, -0.2) is 24.0 Å². The first-order valence-corrected chi connectivity index (χ1v) is 7.91. The highest BCUT2D eigenvalue weighted by Crippen LogP contribution is 2.11. The summed E-state index contributed by atoms with van der Waals surface area (Å²) < 4.78 is 4.70. The van der Waals surface area contributed by atoms with E-state index in [1.54, 1.807) is 15.5 Å². The molecule has 0 unspecified atom stereocenters. The van der Waals surface area contributed by atoms with Crippen LogP contribution in [0.5, 0.6) is 0 Å². The maximum absolute atomic E-state index is 12.5. The van der Waals surface area contributed by atoms with Gasteiger partial charge in [-0.3, -0.25) is 13.9 Å². The fourth-order valence-corrected chi connectivity index (χ4v) is 2.57. The minimum absolute atomic E-state index is 0.0407. The van der Waals surface area contributed by atoms with Crippen molar-refractivity contribution in [1.82, 2.24) is 18.7 Å². The standard InChI is InChI=1S/C13H19BrN4O2/c1-4-16-8-15-11-10(16)12(19)17(7-5-6-14)13(20)18(11)9(2)3/h8-9H,4-7H2,1-3H3. The van der Waals surface area contributed by atoms with Gasteiger partial charge in [0.25, 0.3) is 5.56 Å². The zero-order valence-electron chi connectivity index (χ0n) is 12.0. The predicted octanol–water partition coefficient (Wildman–Crippen LogP) is 1.75. The van der Waals surface area contributed by atoms with Crippen LogP contribution in [-0.2, 0) is 13.1 Å². The van der Waals surface area contributed by atoms with Crippen LogP contribution in [0, 0.1) is 0 Å². The lowest BCUT2D eigenvalue weighted by Crippen LogP contribution is -2.41. The molecule has 0 atom stereocenters. The largest absolute Gasteiger partial charge is 0.332 e. The number of imidazole rings is 1. The van der Waals surface area contributed by atoms with E-state index in [9.17, 15) is 9.59 Å². The molecule has 0 N–H and O–H groups in total. The molecule has 110 valence electrons. The molecule has 2 aromatic heterocycles. The lowest BCUT2D eigenvalue weighted by atomic mass is 10.3. The van der Waals surface area contributed by atoms with Gasteiger partial charge in [-0.2, -0.15) is 0 Å². The first-order valence-electron chi connectivity index (χ1n) is 6.79. The minimum atomic E-state index is -0.278. The van der Waals surface area contributed by atoms with Crippen molar-refractivity contribution in [3.63, 3.8) is 0 Å². The lowest BCUT2D eigenvalue weighted by molar-refractivity contribution is 0.519. The van der Waals surface area contributed by atoms with Gasteiger partial charge in [0.15, 0.2) is 11.2 Å². The van der Waals surface area contributed by atoms with Crippen LogP contribution in [0.3, 0.4) is 0 Å². The van der Waals surface area contributed by atoms with Gasteiger partial charge in [-0.15, -0.1) is 0 Å². The van der Waals surface area contributed by atoms with Gasteiger partial charge >= 0.3 is 5.69 Å².